The molecule has 0 bridgehead atoms. The van der Waals surface area contributed by atoms with Crippen LogP contribution in [0.1, 0.15) is 59.8 Å². The molecular formula is C21H23F2N3O2. The Morgan fingerprint density at radius 3 is 2.89 bits per heavy atom. The summed E-state index contributed by atoms with van der Waals surface area (Å²) in [5, 5.41) is 17.5. The Bertz CT molecular complexity index is 942. The number of halogens is 2. The molecule has 0 radical (unpaired) electrons. The first-order chi connectivity index (χ1) is 13.5. The number of fused-ring (bicyclic) bond motifs is 3. The number of hydrogen-bond donors (Lipinski definition) is 2. The molecule has 1 amide bonds. The van der Waals surface area contributed by atoms with Crippen molar-refractivity contribution < 1.29 is 18.7 Å². The van der Waals surface area contributed by atoms with Crippen molar-refractivity contribution in [3.05, 3.63) is 46.8 Å². The molecule has 0 spiro atoms. The van der Waals surface area contributed by atoms with Crippen molar-refractivity contribution in [3.8, 4) is 5.69 Å². The van der Waals surface area contributed by atoms with Crippen LogP contribution in [0.25, 0.3) is 5.69 Å². The molecule has 0 saturated heterocycles. The van der Waals surface area contributed by atoms with Gasteiger partial charge in [0.15, 0.2) is 11.5 Å². The van der Waals surface area contributed by atoms with E-state index >= 15 is 0 Å². The molecule has 1 aromatic carbocycles. The minimum Gasteiger partial charge on any atom is -0.393 e. The molecule has 0 aliphatic heterocycles. The first-order valence-corrected chi connectivity index (χ1v) is 10.1. The van der Waals surface area contributed by atoms with E-state index < -0.39 is 11.6 Å². The third-order valence-electron chi connectivity index (χ3n) is 6.51. The molecule has 28 heavy (non-hydrogen) atoms. The standard InChI is InChI=1S/C21H23F2N3O2/c22-13-5-6-17(16(23)9-13)26-20-14-7-12(14)8-15(20)19(25-26)21(28)24-10-11-3-1-2-4-18(11)27/h5-6,9,11-12,14,18,27H,1-4,7-8,10H2,(H,24,28)/t11-,12-,14-,18-/m1/s1. The Balaban J connectivity index is 1.43. The maximum absolute atomic E-state index is 14.4. The van der Waals surface area contributed by atoms with Crippen molar-refractivity contribution in [2.24, 2.45) is 11.8 Å². The second kappa shape index (κ2) is 6.65. The molecule has 3 aliphatic carbocycles. The number of hydrogen-bond acceptors (Lipinski definition) is 3. The van der Waals surface area contributed by atoms with E-state index in [0.717, 1.165) is 55.8 Å². The van der Waals surface area contributed by atoms with Crippen LogP contribution < -0.4 is 5.32 Å². The van der Waals surface area contributed by atoms with Gasteiger partial charge in [0.05, 0.1) is 11.8 Å². The van der Waals surface area contributed by atoms with Crippen LogP contribution in [0.15, 0.2) is 18.2 Å². The number of nitrogens with one attached hydrogen (secondary N) is 1. The SMILES string of the molecule is O=C(NC[C@H]1CCCC[C@H]1O)c1nn(-c2ccc(F)cc2F)c2c1C[C@H]1C[C@@H]21. The van der Waals surface area contributed by atoms with Crippen LogP contribution in [0.2, 0.25) is 0 Å². The molecule has 1 heterocycles. The van der Waals surface area contributed by atoms with E-state index in [9.17, 15) is 18.7 Å². The zero-order chi connectivity index (χ0) is 19.4. The first-order valence-electron chi connectivity index (χ1n) is 10.1. The molecule has 3 aliphatic rings. The Kier molecular flexibility index (Phi) is 4.23. The molecule has 1 aromatic heterocycles. The van der Waals surface area contributed by atoms with Gasteiger partial charge in [0.1, 0.15) is 11.5 Å². The molecule has 2 fully saturated rings. The highest BCUT2D eigenvalue weighted by atomic mass is 19.1. The average molecular weight is 387 g/mol. The maximum atomic E-state index is 14.4. The van der Waals surface area contributed by atoms with Gasteiger partial charge in [-0.3, -0.25) is 4.79 Å². The van der Waals surface area contributed by atoms with E-state index in [1.807, 2.05) is 0 Å². The summed E-state index contributed by atoms with van der Waals surface area (Å²) in [5.41, 5.74) is 2.27. The number of carbonyl (C=O) groups is 1. The third kappa shape index (κ3) is 2.92. The van der Waals surface area contributed by atoms with Crippen LogP contribution in [0.5, 0.6) is 0 Å². The van der Waals surface area contributed by atoms with Crippen molar-refractivity contribution in [1.82, 2.24) is 15.1 Å². The average Bonchev–Trinajstić information content (AvgIpc) is 3.17. The van der Waals surface area contributed by atoms with Crippen LogP contribution in [-0.4, -0.2) is 33.4 Å². The molecule has 0 unspecified atom stereocenters. The predicted molar refractivity (Wildman–Crippen MR) is 98.3 cm³/mol. The summed E-state index contributed by atoms with van der Waals surface area (Å²) in [7, 11) is 0. The second-order valence-electron chi connectivity index (χ2n) is 8.35. The van der Waals surface area contributed by atoms with Crippen LogP contribution in [-0.2, 0) is 6.42 Å². The van der Waals surface area contributed by atoms with Crippen LogP contribution in [0, 0.1) is 23.5 Å². The lowest BCUT2D eigenvalue weighted by atomic mass is 9.86. The summed E-state index contributed by atoms with van der Waals surface area (Å²) in [5.74, 6) is -0.749. The molecule has 148 valence electrons. The van der Waals surface area contributed by atoms with Crippen molar-refractivity contribution in [1.29, 1.82) is 0 Å². The highest BCUT2D eigenvalue weighted by Gasteiger charge is 2.50. The summed E-state index contributed by atoms with van der Waals surface area (Å²) in [6.45, 7) is 0.416. The molecular weight excluding hydrogens is 364 g/mol. The zero-order valence-corrected chi connectivity index (χ0v) is 15.5. The number of aliphatic hydroxyl groups is 1. The summed E-state index contributed by atoms with van der Waals surface area (Å²) < 4.78 is 29.2. The maximum Gasteiger partial charge on any atom is 0.272 e. The highest BCUT2D eigenvalue weighted by molar-refractivity contribution is 5.94. The molecule has 2 aromatic rings. The van der Waals surface area contributed by atoms with E-state index in [4.69, 9.17) is 0 Å². The Morgan fingerprint density at radius 2 is 2.11 bits per heavy atom. The van der Waals surface area contributed by atoms with E-state index in [1.165, 1.54) is 16.8 Å². The Labute approximate surface area is 161 Å². The summed E-state index contributed by atoms with van der Waals surface area (Å²) in [6.07, 6.45) is 5.19. The monoisotopic (exact) mass is 387 g/mol. The second-order valence-corrected chi connectivity index (χ2v) is 8.35. The van der Waals surface area contributed by atoms with E-state index in [-0.39, 0.29) is 23.6 Å². The zero-order valence-electron chi connectivity index (χ0n) is 15.5. The number of benzene rings is 1. The number of amides is 1. The summed E-state index contributed by atoms with van der Waals surface area (Å²) in [4.78, 5) is 12.8. The summed E-state index contributed by atoms with van der Waals surface area (Å²) >= 11 is 0. The van der Waals surface area contributed by atoms with Crippen molar-refractivity contribution in [2.45, 2.75) is 50.5 Å². The first kappa shape index (κ1) is 17.8. The lowest BCUT2D eigenvalue weighted by Gasteiger charge is -2.27. The van der Waals surface area contributed by atoms with Gasteiger partial charge in [-0.15, -0.1) is 0 Å². The van der Waals surface area contributed by atoms with Crippen molar-refractivity contribution in [3.63, 3.8) is 0 Å². The number of aromatic nitrogens is 2. The Hall–Kier alpha value is -2.28. The molecule has 2 N–H and O–H groups in total. The van der Waals surface area contributed by atoms with Gasteiger partial charge < -0.3 is 10.4 Å². The normalized spacial score (nSPS) is 28.0. The molecule has 4 atom stereocenters. The molecule has 7 heteroatoms. The van der Waals surface area contributed by atoms with Gasteiger partial charge in [-0.2, -0.15) is 5.10 Å². The number of nitrogens with zero attached hydrogens (tertiary/aromatic N) is 2. The minimum absolute atomic E-state index is 0.0655. The number of carbonyl (C=O) groups excluding carboxylic acids is 1. The van der Waals surface area contributed by atoms with Crippen LogP contribution >= 0.6 is 0 Å². The summed E-state index contributed by atoms with van der Waals surface area (Å²) in [6, 6.07) is 3.41. The quantitative estimate of drug-likeness (QED) is 0.847. The number of aliphatic hydroxyl groups excluding tert-OH is 1. The minimum atomic E-state index is -0.688. The van der Waals surface area contributed by atoms with Crippen LogP contribution in [0.3, 0.4) is 0 Å². The fourth-order valence-corrected chi connectivity index (χ4v) is 4.87. The number of rotatable bonds is 4. The van der Waals surface area contributed by atoms with Gasteiger partial charge in [0.25, 0.3) is 5.91 Å². The fraction of sp³-hybridized carbons (Fsp3) is 0.524. The topological polar surface area (TPSA) is 67.2 Å². The van der Waals surface area contributed by atoms with Crippen molar-refractivity contribution in [2.75, 3.05) is 6.54 Å². The van der Waals surface area contributed by atoms with Gasteiger partial charge in [-0.1, -0.05) is 12.8 Å². The van der Waals surface area contributed by atoms with Gasteiger partial charge in [0.2, 0.25) is 0 Å². The van der Waals surface area contributed by atoms with Gasteiger partial charge >= 0.3 is 0 Å². The lowest BCUT2D eigenvalue weighted by Crippen LogP contribution is -2.37. The van der Waals surface area contributed by atoms with E-state index in [0.29, 0.717) is 24.1 Å². The van der Waals surface area contributed by atoms with E-state index in [2.05, 4.69) is 10.4 Å². The molecule has 5 nitrogen and oxygen atoms in total. The largest absolute Gasteiger partial charge is 0.393 e. The van der Waals surface area contributed by atoms with Gasteiger partial charge in [-0.25, -0.2) is 13.5 Å². The van der Waals surface area contributed by atoms with Gasteiger partial charge in [0, 0.05) is 30.0 Å². The predicted octanol–water partition coefficient (Wildman–Crippen LogP) is 3.09. The smallest absolute Gasteiger partial charge is 0.272 e. The Morgan fingerprint density at radius 1 is 1.29 bits per heavy atom. The van der Waals surface area contributed by atoms with Crippen molar-refractivity contribution >= 4 is 5.91 Å². The third-order valence-corrected chi connectivity index (χ3v) is 6.51. The van der Waals surface area contributed by atoms with E-state index in [1.54, 1.807) is 0 Å². The van der Waals surface area contributed by atoms with Crippen LogP contribution in [0.4, 0.5) is 8.78 Å². The molecule has 5 rings (SSSR count). The highest BCUT2D eigenvalue weighted by Crippen LogP contribution is 2.57. The molecule has 2 saturated carbocycles. The fourth-order valence-electron chi connectivity index (χ4n) is 4.87. The van der Waals surface area contributed by atoms with Gasteiger partial charge in [-0.05, 0) is 43.7 Å². The lowest BCUT2D eigenvalue weighted by molar-refractivity contribution is 0.0661.